The maximum Gasteiger partial charge on any atom is 0.241 e. The van der Waals surface area contributed by atoms with Gasteiger partial charge in [0.15, 0.2) is 0 Å². The molecule has 1 aromatic heterocycles. The summed E-state index contributed by atoms with van der Waals surface area (Å²) < 4.78 is 32.9. The van der Waals surface area contributed by atoms with E-state index in [2.05, 4.69) is 34.5 Å². The molecule has 0 saturated carbocycles. The maximum atomic E-state index is 12.0. The number of hydrogen-bond acceptors (Lipinski definition) is 4. The Morgan fingerprint density at radius 3 is 2.68 bits per heavy atom. The van der Waals surface area contributed by atoms with Crippen molar-refractivity contribution in [1.29, 1.82) is 0 Å². The molecule has 0 atom stereocenters. The number of sulfonamides is 1. The number of halogens is 1. The van der Waals surface area contributed by atoms with E-state index in [0.29, 0.717) is 37.0 Å². The van der Waals surface area contributed by atoms with Crippen molar-refractivity contribution >= 4 is 37.3 Å². The van der Waals surface area contributed by atoms with E-state index in [-0.39, 0.29) is 0 Å². The van der Waals surface area contributed by atoms with Crippen molar-refractivity contribution in [3.05, 3.63) is 14.7 Å². The zero-order valence-corrected chi connectivity index (χ0v) is 14.6. The number of aryl methyl sites for hydroxylation is 1. The highest BCUT2D eigenvalue weighted by Gasteiger charge is 2.18. The Bertz CT molecular complexity index is 497. The first-order chi connectivity index (χ1) is 8.83. The lowest BCUT2D eigenvalue weighted by Crippen LogP contribution is -2.25. The molecule has 0 amide bonds. The summed E-state index contributed by atoms with van der Waals surface area (Å²) in [5, 5.41) is 0. The van der Waals surface area contributed by atoms with Crippen LogP contribution in [-0.4, -0.2) is 28.2 Å². The minimum Gasteiger partial charge on any atom is -0.381 e. The van der Waals surface area contributed by atoms with Crippen LogP contribution in [0.25, 0.3) is 0 Å². The molecule has 0 unspecified atom stereocenters. The van der Waals surface area contributed by atoms with Gasteiger partial charge in [0.25, 0.3) is 0 Å². The molecule has 0 aromatic carbocycles. The predicted octanol–water partition coefficient (Wildman–Crippen LogP) is 3.16. The fraction of sp³-hybridized carbons (Fsp3) is 0.667. The molecule has 0 radical (unpaired) electrons. The molecule has 0 aliphatic rings. The molecule has 1 rings (SSSR count). The van der Waals surface area contributed by atoms with Gasteiger partial charge in [-0.1, -0.05) is 13.8 Å². The molecule has 0 aliphatic carbocycles. The molecule has 0 aliphatic heterocycles. The Kier molecular flexibility index (Phi) is 6.96. The van der Waals surface area contributed by atoms with Gasteiger partial charge >= 0.3 is 0 Å². The van der Waals surface area contributed by atoms with Gasteiger partial charge in [0.05, 0.1) is 8.68 Å². The van der Waals surface area contributed by atoms with Crippen molar-refractivity contribution in [3.8, 4) is 0 Å². The second kappa shape index (κ2) is 7.73. The Hall–Kier alpha value is 0.0500. The van der Waals surface area contributed by atoms with Crippen LogP contribution >= 0.6 is 27.3 Å². The lowest BCUT2D eigenvalue weighted by molar-refractivity contribution is 0.108. The molecular weight excluding hydrogens is 350 g/mol. The maximum absolute atomic E-state index is 12.0. The highest BCUT2D eigenvalue weighted by molar-refractivity contribution is 9.11. The van der Waals surface area contributed by atoms with E-state index in [1.54, 1.807) is 13.0 Å². The van der Waals surface area contributed by atoms with Crippen LogP contribution in [0.1, 0.15) is 25.1 Å². The van der Waals surface area contributed by atoms with E-state index in [1.807, 2.05) is 0 Å². The Labute approximate surface area is 127 Å². The number of nitrogens with one attached hydrogen (secondary N) is 1. The van der Waals surface area contributed by atoms with Gasteiger partial charge in [0.1, 0.15) is 0 Å². The third-order valence-corrected chi connectivity index (χ3v) is 5.61. The normalized spacial score (nSPS) is 12.3. The molecule has 110 valence electrons. The smallest absolute Gasteiger partial charge is 0.241 e. The topological polar surface area (TPSA) is 55.4 Å². The molecule has 1 N–H and O–H groups in total. The van der Waals surface area contributed by atoms with Crippen LogP contribution in [-0.2, 0) is 14.8 Å². The SMILES string of the molecule is Cc1sc(Br)cc1S(=O)(=O)NCCCOCC(C)C. The summed E-state index contributed by atoms with van der Waals surface area (Å²) >= 11 is 4.72. The fourth-order valence-corrected chi connectivity index (χ4v) is 4.96. The van der Waals surface area contributed by atoms with Crippen LogP contribution in [0, 0.1) is 12.8 Å². The van der Waals surface area contributed by atoms with Gasteiger partial charge in [-0.3, -0.25) is 0 Å². The molecular formula is C12H20BrNO3S2. The molecule has 0 fully saturated rings. The molecule has 4 nitrogen and oxygen atoms in total. The minimum atomic E-state index is -3.40. The molecule has 0 spiro atoms. The van der Waals surface area contributed by atoms with Gasteiger partial charge in [0.2, 0.25) is 10.0 Å². The summed E-state index contributed by atoms with van der Waals surface area (Å²) in [6.07, 6.45) is 0.677. The summed E-state index contributed by atoms with van der Waals surface area (Å²) in [5.74, 6) is 0.502. The van der Waals surface area contributed by atoms with Gasteiger partial charge in [-0.2, -0.15) is 0 Å². The van der Waals surface area contributed by atoms with Gasteiger partial charge < -0.3 is 4.74 Å². The largest absolute Gasteiger partial charge is 0.381 e. The summed E-state index contributed by atoms with van der Waals surface area (Å²) in [7, 11) is -3.40. The third-order valence-electron chi connectivity index (χ3n) is 2.34. The quantitative estimate of drug-likeness (QED) is 0.716. The van der Waals surface area contributed by atoms with Gasteiger partial charge in [0, 0.05) is 24.6 Å². The molecule has 0 saturated heterocycles. The van der Waals surface area contributed by atoms with Crippen LogP contribution < -0.4 is 4.72 Å². The van der Waals surface area contributed by atoms with Gasteiger partial charge in [-0.25, -0.2) is 13.1 Å². The highest BCUT2D eigenvalue weighted by atomic mass is 79.9. The number of hydrogen-bond donors (Lipinski definition) is 1. The first-order valence-electron chi connectivity index (χ1n) is 6.16. The third kappa shape index (κ3) is 5.91. The van der Waals surface area contributed by atoms with E-state index in [4.69, 9.17) is 4.74 Å². The average molecular weight is 370 g/mol. The summed E-state index contributed by atoms with van der Waals surface area (Å²) in [6, 6.07) is 1.64. The second-order valence-electron chi connectivity index (χ2n) is 4.69. The number of thiophene rings is 1. The minimum absolute atomic E-state index is 0.354. The lowest BCUT2D eigenvalue weighted by Gasteiger charge is -2.08. The first-order valence-corrected chi connectivity index (χ1v) is 9.25. The predicted molar refractivity (Wildman–Crippen MR) is 82.2 cm³/mol. The first kappa shape index (κ1) is 17.1. The monoisotopic (exact) mass is 369 g/mol. The van der Waals surface area contributed by atoms with E-state index >= 15 is 0 Å². The summed E-state index contributed by atoms with van der Waals surface area (Å²) in [6.45, 7) is 7.65. The molecule has 1 aromatic rings. The second-order valence-corrected chi connectivity index (χ2v) is 9.06. The average Bonchev–Trinajstić information content (AvgIpc) is 2.63. The van der Waals surface area contributed by atoms with Crippen LogP contribution in [0.4, 0.5) is 0 Å². The lowest BCUT2D eigenvalue weighted by atomic mass is 10.2. The van der Waals surface area contributed by atoms with Crippen molar-refractivity contribution < 1.29 is 13.2 Å². The number of rotatable bonds is 8. The number of ether oxygens (including phenoxy) is 1. The molecule has 7 heteroatoms. The van der Waals surface area contributed by atoms with E-state index < -0.39 is 10.0 Å². The Morgan fingerprint density at radius 2 is 2.16 bits per heavy atom. The van der Waals surface area contributed by atoms with Crippen molar-refractivity contribution in [2.75, 3.05) is 19.8 Å². The molecule has 19 heavy (non-hydrogen) atoms. The van der Waals surface area contributed by atoms with Gasteiger partial charge in [-0.05, 0) is 41.3 Å². The van der Waals surface area contributed by atoms with Crippen LogP contribution in [0.15, 0.2) is 14.7 Å². The van der Waals surface area contributed by atoms with Gasteiger partial charge in [-0.15, -0.1) is 11.3 Å². The van der Waals surface area contributed by atoms with Crippen LogP contribution in [0.2, 0.25) is 0 Å². The van der Waals surface area contributed by atoms with Crippen molar-refractivity contribution in [3.63, 3.8) is 0 Å². The van der Waals surface area contributed by atoms with Crippen LogP contribution in [0.5, 0.6) is 0 Å². The highest BCUT2D eigenvalue weighted by Crippen LogP contribution is 2.29. The zero-order chi connectivity index (χ0) is 14.5. The van der Waals surface area contributed by atoms with Crippen molar-refractivity contribution in [2.45, 2.75) is 32.1 Å². The van der Waals surface area contributed by atoms with Crippen LogP contribution in [0.3, 0.4) is 0 Å². The van der Waals surface area contributed by atoms with E-state index in [0.717, 1.165) is 8.66 Å². The zero-order valence-electron chi connectivity index (χ0n) is 11.4. The van der Waals surface area contributed by atoms with Crippen molar-refractivity contribution in [1.82, 2.24) is 4.72 Å². The van der Waals surface area contributed by atoms with E-state index in [1.165, 1.54) is 11.3 Å². The fourth-order valence-electron chi connectivity index (χ4n) is 1.48. The summed E-state index contributed by atoms with van der Waals surface area (Å²) in [4.78, 5) is 1.14. The van der Waals surface area contributed by atoms with Crippen molar-refractivity contribution in [2.24, 2.45) is 5.92 Å². The molecule has 1 heterocycles. The standard InChI is InChI=1S/C12H20BrNO3S2/c1-9(2)8-17-6-4-5-14-19(15,16)11-7-12(13)18-10(11)3/h7,9,14H,4-6,8H2,1-3H3. The van der Waals surface area contributed by atoms with E-state index in [9.17, 15) is 8.42 Å². The summed E-state index contributed by atoms with van der Waals surface area (Å²) in [5.41, 5.74) is 0. The Morgan fingerprint density at radius 1 is 1.47 bits per heavy atom. The Balaban J connectivity index is 2.38. The molecule has 0 bridgehead atoms.